The molecule has 1 amide bonds. The number of amides is 1. The summed E-state index contributed by atoms with van der Waals surface area (Å²) in [4.78, 5) is 11.6. The third-order valence-corrected chi connectivity index (χ3v) is 3.41. The number of rotatable bonds is 7. The maximum Gasteiger partial charge on any atom is 0.223 e. The Bertz CT molecular complexity index is 222. The SMILES string of the molecule is CC(C(=O)NCCCNC1CC1)C1CC1. The zero-order valence-electron chi connectivity index (χ0n) is 9.59. The molecule has 86 valence electrons. The summed E-state index contributed by atoms with van der Waals surface area (Å²) in [5.41, 5.74) is 0. The second-order valence-electron chi connectivity index (χ2n) is 5.00. The van der Waals surface area contributed by atoms with Crippen LogP contribution in [0.1, 0.15) is 39.0 Å². The fourth-order valence-corrected chi connectivity index (χ4v) is 1.86. The van der Waals surface area contributed by atoms with Crippen LogP contribution in [0.3, 0.4) is 0 Å². The van der Waals surface area contributed by atoms with Crippen LogP contribution in [0, 0.1) is 11.8 Å². The van der Waals surface area contributed by atoms with E-state index in [-0.39, 0.29) is 11.8 Å². The molecule has 0 aromatic rings. The van der Waals surface area contributed by atoms with Gasteiger partial charge in [-0.15, -0.1) is 0 Å². The minimum absolute atomic E-state index is 0.237. The molecular formula is C12H22N2O. The smallest absolute Gasteiger partial charge is 0.223 e. The van der Waals surface area contributed by atoms with Crippen LogP contribution in [-0.4, -0.2) is 25.0 Å². The molecular weight excluding hydrogens is 188 g/mol. The molecule has 2 aliphatic carbocycles. The van der Waals surface area contributed by atoms with E-state index >= 15 is 0 Å². The van der Waals surface area contributed by atoms with Gasteiger partial charge >= 0.3 is 0 Å². The summed E-state index contributed by atoms with van der Waals surface area (Å²) < 4.78 is 0. The van der Waals surface area contributed by atoms with Crippen molar-refractivity contribution in [2.24, 2.45) is 11.8 Å². The number of hydrogen-bond donors (Lipinski definition) is 2. The van der Waals surface area contributed by atoms with E-state index < -0.39 is 0 Å². The lowest BCUT2D eigenvalue weighted by molar-refractivity contribution is -0.125. The molecule has 0 spiro atoms. The zero-order chi connectivity index (χ0) is 10.7. The zero-order valence-corrected chi connectivity index (χ0v) is 9.59. The molecule has 3 heteroatoms. The summed E-state index contributed by atoms with van der Waals surface area (Å²) >= 11 is 0. The Morgan fingerprint density at radius 2 is 2.00 bits per heavy atom. The molecule has 0 radical (unpaired) electrons. The van der Waals surface area contributed by atoms with E-state index in [1.807, 2.05) is 0 Å². The third kappa shape index (κ3) is 3.82. The minimum atomic E-state index is 0.237. The van der Waals surface area contributed by atoms with Gasteiger partial charge in [0.05, 0.1) is 0 Å². The predicted octanol–water partition coefficient (Wildman–Crippen LogP) is 1.29. The van der Waals surface area contributed by atoms with Crippen molar-refractivity contribution in [3.05, 3.63) is 0 Å². The van der Waals surface area contributed by atoms with E-state index in [2.05, 4.69) is 17.6 Å². The van der Waals surface area contributed by atoms with E-state index in [1.165, 1.54) is 25.7 Å². The lowest BCUT2D eigenvalue weighted by Crippen LogP contribution is -2.32. The van der Waals surface area contributed by atoms with Gasteiger partial charge in [-0.25, -0.2) is 0 Å². The van der Waals surface area contributed by atoms with E-state index in [4.69, 9.17) is 0 Å². The van der Waals surface area contributed by atoms with Crippen molar-refractivity contribution in [1.82, 2.24) is 10.6 Å². The standard InChI is InChI=1S/C12H22N2O/c1-9(10-3-4-10)12(15)14-8-2-7-13-11-5-6-11/h9-11,13H,2-8H2,1H3,(H,14,15). The Hall–Kier alpha value is -0.570. The highest BCUT2D eigenvalue weighted by Crippen LogP contribution is 2.36. The van der Waals surface area contributed by atoms with Crippen molar-refractivity contribution in [3.8, 4) is 0 Å². The van der Waals surface area contributed by atoms with E-state index in [1.54, 1.807) is 0 Å². The van der Waals surface area contributed by atoms with Gasteiger partial charge < -0.3 is 10.6 Å². The van der Waals surface area contributed by atoms with Crippen LogP contribution >= 0.6 is 0 Å². The first-order valence-electron chi connectivity index (χ1n) is 6.28. The molecule has 0 aliphatic heterocycles. The Balaban J connectivity index is 1.46. The highest BCUT2D eigenvalue weighted by Gasteiger charge is 2.32. The van der Waals surface area contributed by atoms with E-state index in [9.17, 15) is 4.79 Å². The van der Waals surface area contributed by atoms with Gasteiger partial charge in [0.15, 0.2) is 0 Å². The van der Waals surface area contributed by atoms with Crippen LogP contribution in [-0.2, 0) is 4.79 Å². The summed E-state index contributed by atoms with van der Waals surface area (Å²) in [6.07, 6.45) is 6.23. The van der Waals surface area contributed by atoms with Gasteiger partial charge in [0.2, 0.25) is 5.91 Å². The Kier molecular flexibility index (Phi) is 3.62. The summed E-state index contributed by atoms with van der Waals surface area (Å²) in [7, 11) is 0. The molecule has 2 aliphatic rings. The predicted molar refractivity (Wildman–Crippen MR) is 60.5 cm³/mol. The molecule has 3 nitrogen and oxygen atoms in total. The minimum Gasteiger partial charge on any atom is -0.356 e. The van der Waals surface area contributed by atoms with Crippen molar-refractivity contribution >= 4 is 5.91 Å². The largest absolute Gasteiger partial charge is 0.356 e. The van der Waals surface area contributed by atoms with Crippen molar-refractivity contribution in [3.63, 3.8) is 0 Å². The van der Waals surface area contributed by atoms with Crippen molar-refractivity contribution in [2.45, 2.75) is 45.1 Å². The average Bonchev–Trinajstić information content (AvgIpc) is 3.07. The number of carbonyl (C=O) groups is 1. The van der Waals surface area contributed by atoms with Crippen LogP contribution < -0.4 is 10.6 Å². The second kappa shape index (κ2) is 4.97. The van der Waals surface area contributed by atoms with Crippen molar-refractivity contribution < 1.29 is 4.79 Å². The highest BCUT2D eigenvalue weighted by atomic mass is 16.1. The first-order valence-corrected chi connectivity index (χ1v) is 6.28. The lowest BCUT2D eigenvalue weighted by atomic mass is 10.1. The Labute approximate surface area is 92.0 Å². The Morgan fingerprint density at radius 1 is 1.27 bits per heavy atom. The molecule has 2 rings (SSSR count). The fraction of sp³-hybridized carbons (Fsp3) is 0.917. The number of carbonyl (C=O) groups excluding carboxylic acids is 1. The van der Waals surface area contributed by atoms with Crippen LogP contribution in [0.25, 0.3) is 0 Å². The first-order chi connectivity index (χ1) is 7.27. The first kappa shape index (κ1) is 10.9. The van der Waals surface area contributed by atoms with Gasteiger partial charge in [0, 0.05) is 18.5 Å². The van der Waals surface area contributed by atoms with Gasteiger partial charge in [-0.2, -0.15) is 0 Å². The van der Waals surface area contributed by atoms with E-state index in [0.29, 0.717) is 5.92 Å². The quantitative estimate of drug-likeness (QED) is 0.622. The monoisotopic (exact) mass is 210 g/mol. The van der Waals surface area contributed by atoms with Crippen LogP contribution in [0.5, 0.6) is 0 Å². The van der Waals surface area contributed by atoms with Gasteiger partial charge in [0.1, 0.15) is 0 Å². The number of hydrogen-bond acceptors (Lipinski definition) is 2. The maximum atomic E-state index is 11.6. The molecule has 15 heavy (non-hydrogen) atoms. The molecule has 0 aromatic heterocycles. The molecule has 2 N–H and O–H groups in total. The van der Waals surface area contributed by atoms with E-state index in [0.717, 1.165) is 25.6 Å². The van der Waals surface area contributed by atoms with Crippen molar-refractivity contribution in [1.29, 1.82) is 0 Å². The summed E-state index contributed by atoms with van der Waals surface area (Å²) in [5.74, 6) is 1.17. The summed E-state index contributed by atoms with van der Waals surface area (Å²) in [6, 6.07) is 0.783. The molecule has 0 saturated heterocycles. The van der Waals surface area contributed by atoms with Crippen molar-refractivity contribution in [2.75, 3.05) is 13.1 Å². The van der Waals surface area contributed by atoms with Gasteiger partial charge in [-0.05, 0) is 44.6 Å². The summed E-state index contributed by atoms with van der Waals surface area (Å²) in [5, 5.41) is 6.46. The van der Waals surface area contributed by atoms with Crippen LogP contribution in [0.2, 0.25) is 0 Å². The van der Waals surface area contributed by atoms with Crippen LogP contribution in [0.4, 0.5) is 0 Å². The molecule has 0 bridgehead atoms. The Morgan fingerprint density at radius 3 is 2.60 bits per heavy atom. The average molecular weight is 210 g/mol. The fourth-order valence-electron chi connectivity index (χ4n) is 1.86. The third-order valence-electron chi connectivity index (χ3n) is 3.41. The number of nitrogens with one attached hydrogen (secondary N) is 2. The van der Waals surface area contributed by atoms with Gasteiger partial charge in [-0.3, -0.25) is 4.79 Å². The molecule has 2 fully saturated rings. The molecule has 0 aromatic carbocycles. The van der Waals surface area contributed by atoms with Gasteiger partial charge in [-0.1, -0.05) is 6.92 Å². The summed E-state index contributed by atoms with van der Waals surface area (Å²) in [6.45, 7) is 3.92. The lowest BCUT2D eigenvalue weighted by Gasteiger charge is -2.10. The van der Waals surface area contributed by atoms with Gasteiger partial charge in [0.25, 0.3) is 0 Å². The molecule has 2 saturated carbocycles. The second-order valence-corrected chi connectivity index (χ2v) is 5.00. The normalized spacial score (nSPS) is 22.5. The molecule has 1 atom stereocenters. The highest BCUT2D eigenvalue weighted by molar-refractivity contribution is 5.78. The molecule has 1 unspecified atom stereocenters. The topological polar surface area (TPSA) is 41.1 Å². The van der Waals surface area contributed by atoms with Crippen LogP contribution in [0.15, 0.2) is 0 Å². The molecule has 0 heterocycles. The maximum absolute atomic E-state index is 11.6.